The number of carbonyl (C=O) groups excluding carboxylic acids is 2. The van der Waals surface area contributed by atoms with Gasteiger partial charge in [0.1, 0.15) is 17.5 Å². The molecular weight excluding hydrogens is 380 g/mol. The Morgan fingerprint density at radius 3 is 2.48 bits per heavy atom. The number of urea groups is 1. The molecule has 7 nitrogen and oxygen atoms in total. The van der Waals surface area contributed by atoms with Crippen LogP contribution in [0.2, 0.25) is 0 Å². The molecule has 150 valence electrons. The quantitative estimate of drug-likeness (QED) is 0.618. The number of pyridine rings is 2. The number of amides is 3. The lowest BCUT2D eigenvalue weighted by Gasteiger charge is -2.13. The predicted molar refractivity (Wildman–Crippen MR) is 107 cm³/mol. The van der Waals surface area contributed by atoms with Crippen LogP contribution < -0.4 is 16.0 Å². The van der Waals surface area contributed by atoms with E-state index >= 15 is 0 Å². The zero-order valence-electron chi connectivity index (χ0n) is 16.1. The molecule has 0 aliphatic carbocycles. The van der Waals surface area contributed by atoms with Crippen molar-refractivity contribution in [2.45, 2.75) is 20.8 Å². The van der Waals surface area contributed by atoms with Crippen LogP contribution >= 0.6 is 0 Å². The molecule has 0 aliphatic heterocycles. The number of nitrogens with one attached hydrogen (secondary N) is 3. The fraction of sp³-hybridized carbons (Fsp3) is 0.200. The Bertz CT molecular complexity index is 1120. The molecule has 3 amide bonds. The molecule has 3 rings (SSSR count). The van der Waals surface area contributed by atoms with Crippen LogP contribution in [0.1, 0.15) is 19.5 Å². The third-order valence-corrected chi connectivity index (χ3v) is 4.13. The minimum Gasteiger partial charge on any atom is -0.338 e. The predicted octanol–water partition coefficient (Wildman–Crippen LogP) is 3.98. The van der Waals surface area contributed by atoms with E-state index < -0.39 is 17.7 Å². The van der Waals surface area contributed by atoms with Gasteiger partial charge in [-0.25, -0.2) is 18.6 Å². The summed E-state index contributed by atoms with van der Waals surface area (Å²) in [6, 6.07) is 4.64. The SMILES string of the molecule is CCNC(=O)Nc1cc(-c2cc3cnc(NC(C)=O)cc3nc2C)c(F)cc1F. The van der Waals surface area contributed by atoms with Crippen molar-refractivity contribution >= 4 is 34.3 Å². The molecule has 3 aromatic rings. The van der Waals surface area contributed by atoms with Crippen molar-refractivity contribution in [1.29, 1.82) is 0 Å². The topological polar surface area (TPSA) is 96.0 Å². The summed E-state index contributed by atoms with van der Waals surface area (Å²) in [5.41, 5.74) is 1.44. The number of benzene rings is 1. The lowest BCUT2D eigenvalue weighted by molar-refractivity contribution is -0.114. The van der Waals surface area contributed by atoms with E-state index in [9.17, 15) is 18.4 Å². The van der Waals surface area contributed by atoms with Crippen LogP contribution in [-0.4, -0.2) is 28.5 Å². The molecule has 9 heteroatoms. The Hall–Kier alpha value is -3.62. The number of hydrogen-bond donors (Lipinski definition) is 3. The van der Waals surface area contributed by atoms with Gasteiger partial charge in [0.15, 0.2) is 0 Å². The van der Waals surface area contributed by atoms with Crippen LogP contribution in [-0.2, 0) is 4.79 Å². The number of nitrogens with zero attached hydrogens (tertiary/aromatic N) is 2. The molecule has 2 aromatic heterocycles. The van der Waals surface area contributed by atoms with Crippen molar-refractivity contribution in [3.05, 3.63) is 47.8 Å². The second-order valence-corrected chi connectivity index (χ2v) is 6.36. The highest BCUT2D eigenvalue weighted by Crippen LogP contribution is 2.32. The number of hydrogen-bond acceptors (Lipinski definition) is 4. The Kier molecular flexibility index (Phi) is 5.67. The summed E-state index contributed by atoms with van der Waals surface area (Å²) in [5, 5.41) is 8.04. The summed E-state index contributed by atoms with van der Waals surface area (Å²) in [5.74, 6) is -1.57. The first-order chi connectivity index (χ1) is 13.8. The maximum Gasteiger partial charge on any atom is 0.319 e. The first-order valence-corrected chi connectivity index (χ1v) is 8.87. The van der Waals surface area contributed by atoms with Crippen molar-refractivity contribution in [3.63, 3.8) is 0 Å². The van der Waals surface area contributed by atoms with Crippen molar-refractivity contribution in [2.24, 2.45) is 0 Å². The molecule has 0 bridgehead atoms. The molecule has 0 radical (unpaired) electrons. The Labute approximate surface area is 165 Å². The van der Waals surface area contributed by atoms with Crippen LogP contribution in [0, 0.1) is 18.6 Å². The lowest BCUT2D eigenvalue weighted by Crippen LogP contribution is -2.28. The molecule has 2 heterocycles. The number of aromatic nitrogens is 2. The Balaban J connectivity index is 2.06. The monoisotopic (exact) mass is 399 g/mol. The largest absolute Gasteiger partial charge is 0.338 e. The van der Waals surface area contributed by atoms with E-state index in [1.807, 2.05) is 0 Å². The normalized spacial score (nSPS) is 10.7. The molecule has 1 aromatic carbocycles. The summed E-state index contributed by atoms with van der Waals surface area (Å²) < 4.78 is 28.6. The second-order valence-electron chi connectivity index (χ2n) is 6.36. The summed E-state index contributed by atoms with van der Waals surface area (Å²) in [6.07, 6.45) is 1.51. The molecular formula is C20H19F2N5O2. The number of halogens is 2. The summed E-state index contributed by atoms with van der Waals surface area (Å²) in [7, 11) is 0. The minimum atomic E-state index is -0.884. The molecule has 3 N–H and O–H groups in total. The summed E-state index contributed by atoms with van der Waals surface area (Å²) in [4.78, 5) is 31.5. The van der Waals surface area contributed by atoms with Gasteiger partial charge in [0, 0.05) is 54.0 Å². The van der Waals surface area contributed by atoms with E-state index in [1.54, 1.807) is 26.0 Å². The maximum atomic E-state index is 14.5. The smallest absolute Gasteiger partial charge is 0.319 e. The third kappa shape index (κ3) is 4.45. The first kappa shape index (κ1) is 20.1. The van der Waals surface area contributed by atoms with Gasteiger partial charge in [-0.2, -0.15) is 0 Å². The number of aryl methyl sites for hydroxylation is 1. The highest BCUT2D eigenvalue weighted by Gasteiger charge is 2.16. The molecule has 0 unspecified atom stereocenters. The van der Waals surface area contributed by atoms with Gasteiger partial charge >= 0.3 is 6.03 Å². The van der Waals surface area contributed by atoms with Crippen molar-refractivity contribution in [1.82, 2.24) is 15.3 Å². The van der Waals surface area contributed by atoms with Crippen LogP contribution in [0.3, 0.4) is 0 Å². The van der Waals surface area contributed by atoms with Gasteiger partial charge in [0.25, 0.3) is 0 Å². The highest BCUT2D eigenvalue weighted by atomic mass is 19.1. The Morgan fingerprint density at radius 2 is 1.79 bits per heavy atom. The van der Waals surface area contributed by atoms with Gasteiger partial charge in [-0.3, -0.25) is 9.78 Å². The molecule has 0 atom stereocenters. The maximum absolute atomic E-state index is 14.5. The first-order valence-electron chi connectivity index (χ1n) is 8.87. The fourth-order valence-electron chi connectivity index (χ4n) is 2.86. The van der Waals surface area contributed by atoms with E-state index in [2.05, 4.69) is 25.9 Å². The van der Waals surface area contributed by atoms with Gasteiger partial charge in [-0.15, -0.1) is 0 Å². The lowest BCUT2D eigenvalue weighted by atomic mass is 10.0. The van der Waals surface area contributed by atoms with Gasteiger partial charge in [0.2, 0.25) is 5.91 Å². The van der Waals surface area contributed by atoms with Crippen LogP contribution in [0.5, 0.6) is 0 Å². The average Bonchev–Trinajstić information content (AvgIpc) is 2.63. The van der Waals surface area contributed by atoms with E-state index in [4.69, 9.17) is 0 Å². The number of fused-ring (bicyclic) bond motifs is 1. The van der Waals surface area contributed by atoms with Crippen LogP contribution in [0.4, 0.5) is 25.1 Å². The minimum absolute atomic E-state index is 0.0936. The van der Waals surface area contributed by atoms with Gasteiger partial charge < -0.3 is 16.0 Å². The summed E-state index contributed by atoms with van der Waals surface area (Å²) in [6.45, 7) is 5.15. The van der Waals surface area contributed by atoms with E-state index in [-0.39, 0.29) is 17.2 Å². The summed E-state index contributed by atoms with van der Waals surface area (Å²) >= 11 is 0. The van der Waals surface area contributed by atoms with Crippen LogP contribution in [0.25, 0.3) is 22.0 Å². The standard InChI is InChI=1S/C20H19F2N5O2/c1-4-23-20(29)27-18-6-14(15(21)7-16(18)22)13-5-12-9-24-19(26-11(3)28)8-17(12)25-10(13)2/h5-9H,4H2,1-3H3,(H2,23,27,29)(H,24,26,28). The second kappa shape index (κ2) is 8.17. The fourth-order valence-corrected chi connectivity index (χ4v) is 2.86. The third-order valence-electron chi connectivity index (χ3n) is 4.13. The highest BCUT2D eigenvalue weighted by molar-refractivity contribution is 5.93. The van der Waals surface area contributed by atoms with Crippen molar-refractivity contribution in [2.75, 3.05) is 17.2 Å². The van der Waals surface area contributed by atoms with Gasteiger partial charge in [-0.05, 0) is 26.0 Å². The molecule has 0 spiro atoms. The van der Waals surface area contributed by atoms with Crippen LogP contribution in [0.15, 0.2) is 30.5 Å². The van der Waals surface area contributed by atoms with Gasteiger partial charge in [0.05, 0.1) is 11.2 Å². The number of rotatable bonds is 4. The molecule has 0 saturated carbocycles. The Morgan fingerprint density at radius 1 is 1.03 bits per heavy atom. The number of anilines is 2. The molecule has 0 saturated heterocycles. The van der Waals surface area contributed by atoms with E-state index in [1.165, 1.54) is 19.2 Å². The molecule has 0 fully saturated rings. The van der Waals surface area contributed by atoms with Gasteiger partial charge in [-0.1, -0.05) is 0 Å². The average molecular weight is 399 g/mol. The van der Waals surface area contributed by atoms with E-state index in [0.717, 1.165) is 6.07 Å². The zero-order valence-corrected chi connectivity index (χ0v) is 16.1. The molecule has 0 aliphatic rings. The van der Waals surface area contributed by atoms with Crippen molar-refractivity contribution in [3.8, 4) is 11.1 Å². The molecule has 29 heavy (non-hydrogen) atoms. The van der Waals surface area contributed by atoms with E-state index in [0.29, 0.717) is 34.5 Å². The zero-order chi connectivity index (χ0) is 21.1. The number of carbonyl (C=O) groups is 2. The van der Waals surface area contributed by atoms with Crippen molar-refractivity contribution < 1.29 is 18.4 Å².